The summed E-state index contributed by atoms with van der Waals surface area (Å²) in [6.45, 7) is 4.17. The molecule has 1 amide bonds. The van der Waals surface area contributed by atoms with E-state index in [9.17, 15) is 14.4 Å². The second kappa shape index (κ2) is 36.5. The minimum absolute atomic E-state index is 0.103. The van der Waals surface area contributed by atoms with Crippen molar-refractivity contribution < 1.29 is 24.2 Å². The number of unbranched alkanes of at least 4 members (excludes halogenated alkanes) is 20. The summed E-state index contributed by atoms with van der Waals surface area (Å²) in [6, 6.07) is 0. The molecule has 0 spiro atoms. The van der Waals surface area contributed by atoms with Gasteiger partial charge < -0.3 is 15.2 Å². The second-order valence-electron chi connectivity index (χ2n) is 13.2. The van der Waals surface area contributed by atoms with Crippen molar-refractivity contribution in [3.63, 3.8) is 0 Å². The number of amides is 1. The standard InChI is InChI=1S/C41H73NO5/c1-3-5-7-9-11-13-14-15-16-17-18-19-20-22-24-26-32-36-41(46)47-38(33-29-25-23-21-12-10-8-6-4-2)34-30-27-28-31-35-39(43)42-37-40(44)45/h15-16,21,23,29,33,38H,3-14,17-20,22,24-28,30-32,34-37H2,1-2H3,(H,42,43)(H,44,45)/b16-15-,23-21-,33-29-. The topological polar surface area (TPSA) is 92.7 Å². The maximum absolute atomic E-state index is 12.6. The fraction of sp³-hybridized carbons (Fsp3) is 0.780. The zero-order valence-electron chi connectivity index (χ0n) is 30.6. The minimum Gasteiger partial charge on any atom is -0.480 e. The van der Waals surface area contributed by atoms with Gasteiger partial charge in [0.15, 0.2) is 0 Å². The molecule has 0 aromatic heterocycles. The number of hydrogen-bond donors (Lipinski definition) is 2. The van der Waals surface area contributed by atoms with Crippen LogP contribution in [-0.4, -0.2) is 35.6 Å². The average Bonchev–Trinajstić information content (AvgIpc) is 3.05. The van der Waals surface area contributed by atoms with E-state index in [0.29, 0.717) is 12.8 Å². The van der Waals surface area contributed by atoms with Crippen LogP contribution in [0.5, 0.6) is 0 Å². The van der Waals surface area contributed by atoms with Crippen LogP contribution in [0.25, 0.3) is 0 Å². The van der Waals surface area contributed by atoms with E-state index >= 15 is 0 Å². The smallest absolute Gasteiger partial charge is 0.322 e. The predicted octanol–water partition coefficient (Wildman–Crippen LogP) is 11.7. The number of nitrogens with one attached hydrogen (secondary N) is 1. The molecule has 272 valence electrons. The van der Waals surface area contributed by atoms with Gasteiger partial charge in [-0.2, -0.15) is 0 Å². The Bertz CT molecular complexity index is 819. The van der Waals surface area contributed by atoms with E-state index in [0.717, 1.165) is 57.8 Å². The third-order valence-electron chi connectivity index (χ3n) is 8.52. The summed E-state index contributed by atoms with van der Waals surface area (Å²) in [6.07, 6.45) is 44.2. The fourth-order valence-corrected chi connectivity index (χ4v) is 5.58. The quantitative estimate of drug-likeness (QED) is 0.0401. The van der Waals surface area contributed by atoms with Crippen molar-refractivity contribution in [1.82, 2.24) is 5.32 Å². The highest BCUT2D eigenvalue weighted by atomic mass is 16.5. The molecule has 0 aromatic rings. The number of ether oxygens (including phenoxy) is 1. The molecule has 0 saturated carbocycles. The van der Waals surface area contributed by atoms with Crippen molar-refractivity contribution >= 4 is 17.8 Å². The lowest BCUT2D eigenvalue weighted by atomic mass is 10.1. The lowest BCUT2D eigenvalue weighted by molar-refractivity contribution is -0.147. The van der Waals surface area contributed by atoms with Crippen LogP contribution in [0.3, 0.4) is 0 Å². The Hall–Kier alpha value is -2.37. The molecule has 2 N–H and O–H groups in total. The highest BCUT2D eigenvalue weighted by Crippen LogP contribution is 2.15. The van der Waals surface area contributed by atoms with Crippen LogP contribution in [0.4, 0.5) is 0 Å². The average molecular weight is 660 g/mol. The van der Waals surface area contributed by atoms with Gasteiger partial charge in [-0.3, -0.25) is 14.4 Å². The van der Waals surface area contributed by atoms with Crippen LogP contribution in [0, 0.1) is 0 Å². The molecule has 0 saturated heterocycles. The monoisotopic (exact) mass is 660 g/mol. The first-order chi connectivity index (χ1) is 23.0. The molecule has 0 aliphatic carbocycles. The fourth-order valence-electron chi connectivity index (χ4n) is 5.58. The largest absolute Gasteiger partial charge is 0.480 e. The van der Waals surface area contributed by atoms with Gasteiger partial charge in [-0.05, 0) is 76.7 Å². The van der Waals surface area contributed by atoms with Crippen LogP contribution in [0.2, 0.25) is 0 Å². The number of aliphatic carboxylic acids is 1. The van der Waals surface area contributed by atoms with Crippen molar-refractivity contribution in [1.29, 1.82) is 0 Å². The Morgan fingerprint density at radius 3 is 1.62 bits per heavy atom. The van der Waals surface area contributed by atoms with Crippen molar-refractivity contribution in [2.45, 2.75) is 200 Å². The van der Waals surface area contributed by atoms with Gasteiger partial charge in [0.05, 0.1) is 0 Å². The molecular weight excluding hydrogens is 586 g/mol. The van der Waals surface area contributed by atoms with E-state index in [1.54, 1.807) is 0 Å². The SMILES string of the molecule is CCCCCC/C=C\C/C=C\C(CCCCCCC(=O)NCC(=O)O)OC(=O)CCCCCCCCC/C=C\CCCCCCCC. The summed E-state index contributed by atoms with van der Waals surface area (Å²) < 4.78 is 5.87. The molecular formula is C41H73NO5. The Kier molecular flexibility index (Phi) is 34.6. The second-order valence-corrected chi connectivity index (χ2v) is 13.2. The highest BCUT2D eigenvalue weighted by molar-refractivity contribution is 5.80. The number of hydrogen-bond acceptors (Lipinski definition) is 4. The number of carboxylic acid groups (broad SMARTS) is 1. The van der Waals surface area contributed by atoms with E-state index in [4.69, 9.17) is 9.84 Å². The third kappa shape index (κ3) is 36.3. The molecule has 1 unspecified atom stereocenters. The molecule has 0 aliphatic heterocycles. The third-order valence-corrected chi connectivity index (χ3v) is 8.52. The number of esters is 1. The predicted molar refractivity (Wildman–Crippen MR) is 199 cm³/mol. The summed E-state index contributed by atoms with van der Waals surface area (Å²) in [7, 11) is 0. The lowest BCUT2D eigenvalue weighted by Gasteiger charge is -2.14. The van der Waals surface area contributed by atoms with Gasteiger partial charge in [-0.25, -0.2) is 0 Å². The Balaban J connectivity index is 4.16. The van der Waals surface area contributed by atoms with E-state index in [1.807, 2.05) is 6.08 Å². The maximum atomic E-state index is 12.6. The normalized spacial score (nSPS) is 12.4. The Labute approximate surface area is 289 Å². The zero-order chi connectivity index (χ0) is 34.5. The number of carbonyl (C=O) groups excluding carboxylic acids is 2. The number of allylic oxidation sites excluding steroid dienone is 5. The summed E-state index contributed by atoms with van der Waals surface area (Å²) in [5.74, 6) is -1.35. The van der Waals surface area contributed by atoms with Gasteiger partial charge in [0.2, 0.25) is 5.91 Å². The molecule has 0 aromatic carbocycles. The number of carboxylic acids is 1. The van der Waals surface area contributed by atoms with Crippen LogP contribution < -0.4 is 5.32 Å². The van der Waals surface area contributed by atoms with Gasteiger partial charge in [0.1, 0.15) is 12.6 Å². The van der Waals surface area contributed by atoms with Crippen LogP contribution >= 0.6 is 0 Å². The van der Waals surface area contributed by atoms with Gasteiger partial charge in [-0.1, -0.05) is 141 Å². The first-order valence-electron chi connectivity index (χ1n) is 19.6. The van der Waals surface area contributed by atoms with E-state index in [-0.39, 0.29) is 24.5 Å². The van der Waals surface area contributed by atoms with Gasteiger partial charge >= 0.3 is 11.9 Å². The minimum atomic E-state index is -1.03. The van der Waals surface area contributed by atoms with Gasteiger partial charge in [0.25, 0.3) is 0 Å². The molecule has 0 heterocycles. The molecule has 6 heteroatoms. The first-order valence-corrected chi connectivity index (χ1v) is 19.6. The Morgan fingerprint density at radius 1 is 0.574 bits per heavy atom. The molecule has 1 atom stereocenters. The summed E-state index contributed by atoms with van der Waals surface area (Å²) in [4.78, 5) is 34.9. The molecule has 6 nitrogen and oxygen atoms in total. The molecule has 47 heavy (non-hydrogen) atoms. The van der Waals surface area contributed by atoms with Crippen LogP contribution in [-0.2, 0) is 19.1 Å². The highest BCUT2D eigenvalue weighted by Gasteiger charge is 2.12. The van der Waals surface area contributed by atoms with Gasteiger partial charge in [0, 0.05) is 12.8 Å². The summed E-state index contributed by atoms with van der Waals surface area (Å²) >= 11 is 0. The van der Waals surface area contributed by atoms with Crippen molar-refractivity contribution in [3.05, 3.63) is 36.5 Å². The zero-order valence-corrected chi connectivity index (χ0v) is 30.6. The molecule has 0 bridgehead atoms. The number of rotatable bonds is 35. The van der Waals surface area contributed by atoms with Gasteiger partial charge in [-0.15, -0.1) is 0 Å². The van der Waals surface area contributed by atoms with E-state index in [2.05, 4.69) is 49.5 Å². The first kappa shape index (κ1) is 44.6. The van der Waals surface area contributed by atoms with E-state index < -0.39 is 5.97 Å². The lowest BCUT2D eigenvalue weighted by Crippen LogP contribution is -2.28. The summed E-state index contributed by atoms with van der Waals surface area (Å²) in [5.41, 5.74) is 0. The Morgan fingerprint density at radius 2 is 1.04 bits per heavy atom. The molecule has 0 radical (unpaired) electrons. The van der Waals surface area contributed by atoms with Crippen molar-refractivity contribution in [2.75, 3.05) is 6.54 Å². The summed E-state index contributed by atoms with van der Waals surface area (Å²) in [5, 5.41) is 11.1. The number of carbonyl (C=O) groups is 3. The van der Waals surface area contributed by atoms with Crippen molar-refractivity contribution in [2.24, 2.45) is 0 Å². The van der Waals surface area contributed by atoms with Crippen LogP contribution in [0.1, 0.15) is 194 Å². The molecule has 0 fully saturated rings. The van der Waals surface area contributed by atoms with E-state index in [1.165, 1.54) is 109 Å². The van der Waals surface area contributed by atoms with Crippen molar-refractivity contribution in [3.8, 4) is 0 Å². The molecule has 0 rings (SSSR count). The molecule has 0 aliphatic rings. The van der Waals surface area contributed by atoms with Crippen LogP contribution in [0.15, 0.2) is 36.5 Å². The maximum Gasteiger partial charge on any atom is 0.322 e.